The topological polar surface area (TPSA) is 41.1 Å². The SMILES string of the molecule is CC(NC(=O)CC1CNC1)C12CC3CC(CC(C3)C1)C2. The highest BCUT2D eigenvalue weighted by atomic mass is 16.1. The van der Waals surface area contributed by atoms with Crippen molar-refractivity contribution >= 4 is 5.91 Å². The van der Waals surface area contributed by atoms with Gasteiger partial charge in [-0.3, -0.25) is 4.79 Å². The number of rotatable bonds is 4. The highest BCUT2D eigenvalue weighted by molar-refractivity contribution is 5.76. The first-order chi connectivity index (χ1) is 9.63. The Bertz CT molecular complexity index is 367. The second-order valence-electron chi connectivity index (χ2n) is 8.30. The molecule has 0 aromatic rings. The molecular weight excluding hydrogens is 248 g/mol. The van der Waals surface area contributed by atoms with Gasteiger partial charge < -0.3 is 10.6 Å². The van der Waals surface area contributed by atoms with Crippen LogP contribution in [0, 0.1) is 29.1 Å². The van der Waals surface area contributed by atoms with Gasteiger partial charge in [-0.05, 0) is 87.6 Å². The van der Waals surface area contributed by atoms with Gasteiger partial charge in [0.2, 0.25) is 5.91 Å². The molecule has 1 heterocycles. The Labute approximate surface area is 122 Å². The largest absolute Gasteiger partial charge is 0.353 e. The van der Waals surface area contributed by atoms with Crippen LogP contribution in [0.2, 0.25) is 0 Å². The Kier molecular flexibility index (Phi) is 3.10. The normalized spacial score (nSPS) is 44.1. The molecule has 2 N–H and O–H groups in total. The van der Waals surface area contributed by atoms with Crippen molar-refractivity contribution < 1.29 is 4.79 Å². The molecule has 5 fully saturated rings. The Morgan fingerprint density at radius 2 is 1.70 bits per heavy atom. The van der Waals surface area contributed by atoms with Crippen LogP contribution in [0.5, 0.6) is 0 Å². The Morgan fingerprint density at radius 3 is 2.15 bits per heavy atom. The molecule has 5 aliphatic rings. The van der Waals surface area contributed by atoms with E-state index in [0.29, 0.717) is 23.3 Å². The minimum Gasteiger partial charge on any atom is -0.353 e. The zero-order valence-corrected chi connectivity index (χ0v) is 12.7. The minimum atomic E-state index is 0.291. The summed E-state index contributed by atoms with van der Waals surface area (Å²) in [5, 5.41) is 6.62. The molecule has 1 unspecified atom stereocenters. The van der Waals surface area contributed by atoms with Crippen LogP contribution in [0.25, 0.3) is 0 Å². The fraction of sp³-hybridized carbons (Fsp3) is 0.941. The summed E-state index contributed by atoms with van der Waals surface area (Å²) in [4.78, 5) is 12.2. The molecular formula is C17H28N2O. The van der Waals surface area contributed by atoms with Crippen molar-refractivity contribution in [3.63, 3.8) is 0 Å². The van der Waals surface area contributed by atoms with Crippen LogP contribution >= 0.6 is 0 Å². The number of amides is 1. The molecule has 1 amide bonds. The summed E-state index contributed by atoms with van der Waals surface area (Å²) < 4.78 is 0. The molecule has 4 aliphatic carbocycles. The summed E-state index contributed by atoms with van der Waals surface area (Å²) >= 11 is 0. The van der Waals surface area contributed by atoms with Crippen LogP contribution < -0.4 is 10.6 Å². The molecule has 3 nitrogen and oxygen atoms in total. The highest BCUT2D eigenvalue weighted by Gasteiger charge is 2.53. The summed E-state index contributed by atoms with van der Waals surface area (Å²) in [6.07, 6.45) is 9.31. The lowest BCUT2D eigenvalue weighted by atomic mass is 9.48. The lowest BCUT2D eigenvalue weighted by molar-refractivity contribution is -0.127. The summed E-state index contributed by atoms with van der Waals surface area (Å²) in [5.74, 6) is 3.78. The van der Waals surface area contributed by atoms with Crippen molar-refractivity contribution in [3.05, 3.63) is 0 Å². The lowest BCUT2D eigenvalue weighted by Gasteiger charge is -2.59. The van der Waals surface area contributed by atoms with Gasteiger partial charge in [0.1, 0.15) is 0 Å². The van der Waals surface area contributed by atoms with Gasteiger partial charge in [-0.15, -0.1) is 0 Å². The summed E-state index contributed by atoms with van der Waals surface area (Å²) in [6, 6.07) is 0.386. The maximum Gasteiger partial charge on any atom is 0.220 e. The highest BCUT2D eigenvalue weighted by Crippen LogP contribution is 2.61. The molecule has 1 atom stereocenters. The summed E-state index contributed by atoms with van der Waals surface area (Å²) in [7, 11) is 0. The molecule has 1 aliphatic heterocycles. The van der Waals surface area contributed by atoms with Crippen LogP contribution in [0.15, 0.2) is 0 Å². The molecule has 20 heavy (non-hydrogen) atoms. The predicted molar refractivity (Wildman–Crippen MR) is 79.2 cm³/mol. The second kappa shape index (κ2) is 4.72. The van der Waals surface area contributed by atoms with Crippen molar-refractivity contribution in [2.45, 2.75) is 57.9 Å². The maximum absolute atomic E-state index is 12.2. The Hall–Kier alpha value is -0.570. The monoisotopic (exact) mass is 276 g/mol. The molecule has 4 bridgehead atoms. The average Bonchev–Trinajstić information content (AvgIpc) is 2.32. The average molecular weight is 276 g/mol. The van der Waals surface area contributed by atoms with E-state index < -0.39 is 0 Å². The molecule has 112 valence electrons. The van der Waals surface area contributed by atoms with Crippen molar-refractivity contribution in [1.82, 2.24) is 10.6 Å². The van der Waals surface area contributed by atoms with E-state index in [-0.39, 0.29) is 0 Å². The second-order valence-corrected chi connectivity index (χ2v) is 8.30. The van der Waals surface area contributed by atoms with Crippen molar-refractivity contribution in [2.24, 2.45) is 29.1 Å². The number of hydrogen-bond acceptors (Lipinski definition) is 2. The third-order valence-electron chi connectivity index (χ3n) is 6.72. The van der Waals surface area contributed by atoms with E-state index in [1.54, 1.807) is 0 Å². The van der Waals surface area contributed by atoms with Crippen molar-refractivity contribution in [1.29, 1.82) is 0 Å². The zero-order valence-electron chi connectivity index (χ0n) is 12.7. The Balaban J connectivity index is 1.40. The molecule has 4 saturated carbocycles. The van der Waals surface area contributed by atoms with E-state index in [1.807, 2.05) is 0 Å². The lowest BCUT2D eigenvalue weighted by Crippen LogP contribution is -2.56. The number of carbonyl (C=O) groups excluding carboxylic acids is 1. The van der Waals surface area contributed by atoms with Crippen LogP contribution in [-0.4, -0.2) is 25.0 Å². The minimum absolute atomic E-state index is 0.291. The maximum atomic E-state index is 12.2. The molecule has 0 aromatic heterocycles. The van der Waals surface area contributed by atoms with E-state index in [4.69, 9.17) is 0 Å². The quantitative estimate of drug-likeness (QED) is 0.827. The third kappa shape index (κ3) is 2.18. The Morgan fingerprint density at radius 1 is 1.15 bits per heavy atom. The van der Waals surface area contributed by atoms with Gasteiger partial charge in [0, 0.05) is 12.5 Å². The van der Waals surface area contributed by atoms with Crippen LogP contribution in [-0.2, 0) is 4.79 Å². The van der Waals surface area contributed by atoms with Gasteiger partial charge in [0.05, 0.1) is 0 Å². The van der Waals surface area contributed by atoms with E-state index in [0.717, 1.165) is 37.3 Å². The van der Waals surface area contributed by atoms with Crippen LogP contribution in [0.3, 0.4) is 0 Å². The molecule has 0 spiro atoms. The molecule has 1 saturated heterocycles. The van der Waals surface area contributed by atoms with Crippen molar-refractivity contribution in [2.75, 3.05) is 13.1 Å². The zero-order chi connectivity index (χ0) is 13.7. The van der Waals surface area contributed by atoms with Gasteiger partial charge in [0.25, 0.3) is 0 Å². The van der Waals surface area contributed by atoms with Gasteiger partial charge in [-0.25, -0.2) is 0 Å². The fourth-order valence-corrected chi connectivity index (χ4v) is 5.92. The first kappa shape index (κ1) is 13.1. The summed E-state index contributed by atoms with van der Waals surface area (Å²) in [5.41, 5.74) is 0.447. The molecule has 3 heteroatoms. The smallest absolute Gasteiger partial charge is 0.220 e. The first-order valence-electron chi connectivity index (χ1n) is 8.63. The van der Waals surface area contributed by atoms with Crippen LogP contribution in [0.4, 0.5) is 0 Å². The molecule has 5 rings (SSSR count). The predicted octanol–water partition coefficient (Wildman–Crippen LogP) is 2.32. The van der Waals surface area contributed by atoms with Crippen molar-refractivity contribution in [3.8, 4) is 0 Å². The van der Waals surface area contributed by atoms with E-state index in [9.17, 15) is 4.79 Å². The first-order valence-corrected chi connectivity index (χ1v) is 8.63. The van der Waals surface area contributed by atoms with Crippen LogP contribution in [0.1, 0.15) is 51.9 Å². The van der Waals surface area contributed by atoms with Gasteiger partial charge in [-0.2, -0.15) is 0 Å². The molecule has 0 radical (unpaired) electrons. The van der Waals surface area contributed by atoms with E-state index in [2.05, 4.69) is 17.6 Å². The van der Waals surface area contributed by atoms with Gasteiger partial charge in [-0.1, -0.05) is 0 Å². The van der Waals surface area contributed by atoms with E-state index in [1.165, 1.54) is 38.5 Å². The summed E-state index contributed by atoms with van der Waals surface area (Å²) in [6.45, 7) is 4.34. The third-order valence-corrected chi connectivity index (χ3v) is 6.72. The van der Waals surface area contributed by atoms with E-state index >= 15 is 0 Å². The fourth-order valence-electron chi connectivity index (χ4n) is 5.92. The molecule has 0 aromatic carbocycles. The van der Waals surface area contributed by atoms with Gasteiger partial charge in [0.15, 0.2) is 0 Å². The number of hydrogen-bond donors (Lipinski definition) is 2. The number of nitrogens with one attached hydrogen (secondary N) is 2. The standard InChI is InChI=1S/C17H28N2O/c1-11(19-16(20)5-15-9-18-10-15)17-6-12-2-13(7-17)4-14(3-12)8-17/h11-15,18H,2-10H2,1H3,(H,19,20). The number of carbonyl (C=O) groups is 1. The van der Waals surface area contributed by atoms with Gasteiger partial charge >= 0.3 is 0 Å².